The monoisotopic (exact) mass is 456 g/mol. The number of carbonyl (C=O) groups excluding carboxylic acids is 2. The number of phenolic OH excluding ortho intramolecular Hbond substituents is 1. The summed E-state index contributed by atoms with van der Waals surface area (Å²) in [5, 5.41) is 22.3. The minimum Gasteiger partial charge on any atom is -0.507 e. The first-order valence-corrected chi connectivity index (χ1v) is 12.6. The van der Waals surface area contributed by atoms with Crippen molar-refractivity contribution in [1.82, 2.24) is 4.90 Å². The van der Waals surface area contributed by atoms with Gasteiger partial charge in [0.05, 0.1) is 11.1 Å². The maximum atomic E-state index is 13.4. The van der Waals surface area contributed by atoms with Crippen molar-refractivity contribution in [3.8, 4) is 5.75 Å². The maximum absolute atomic E-state index is 13.4. The van der Waals surface area contributed by atoms with Crippen LogP contribution >= 0.6 is 0 Å². The van der Waals surface area contributed by atoms with E-state index in [-0.39, 0.29) is 34.2 Å². The number of aromatic hydroxyl groups is 1. The lowest BCUT2D eigenvalue weighted by Crippen LogP contribution is -2.38. The fraction of sp³-hybridized carbons (Fsp3) is 0.429. The summed E-state index contributed by atoms with van der Waals surface area (Å²) in [6.07, 6.45) is 9.09. The van der Waals surface area contributed by atoms with E-state index in [1.807, 2.05) is 12.1 Å². The fourth-order valence-electron chi connectivity index (χ4n) is 6.95. The third-order valence-electron chi connectivity index (χ3n) is 8.43. The summed E-state index contributed by atoms with van der Waals surface area (Å²) >= 11 is 0. The van der Waals surface area contributed by atoms with Crippen LogP contribution in [-0.2, 0) is 22.4 Å². The first-order valence-electron chi connectivity index (χ1n) is 12.6. The number of allylic oxidation sites excluding steroid dienone is 6. The number of carbonyl (C=O) groups is 2. The molecular formula is C28H28N2O4. The van der Waals surface area contributed by atoms with Gasteiger partial charge in [0.2, 0.25) is 5.78 Å². The smallest absolute Gasteiger partial charge is 0.202 e. The van der Waals surface area contributed by atoms with Crippen molar-refractivity contribution < 1.29 is 19.8 Å². The highest BCUT2D eigenvalue weighted by Crippen LogP contribution is 2.49. The van der Waals surface area contributed by atoms with Gasteiger partial charge in [0, 0.05) is 59.8 Å². The third-order valence-corrected chi connectivity index (χ3v) is 8.43. The van der Waals surface area contributed by atoms with E-state index in [0.29, 0.717) is 11.1 Å². The summed E-state index contributed by atoms with van der Waals surface area (Å²) in [6.45, 7) is 3.93. The molecule has 0 saturated carbocycles. The van der Waals surface area contributed by atoms with Crippen LogP contribution in [0.5, 0.6) is 5.75 Å². The zero-order valence-corrected chi connectivity index (χ0v) is 19.2. The molecule has 7 rings (SSSR count). The molecule has 0 aromatic heterocycles. The Bertz CT molecular complexity index is 1320. The van der Waals surface area contributed by atoms with Crippen LogP contribution in [0.2, 0.25) is 0 Å². The van der Waals surface area contributed by atoms with Crippen molar-refractivity contribution in [2.24, 2.45) is 0 Å². The van der Waals surface area contributed by atoms with E-state index < -0.39 is 0 Å². The summed E-state index contributed by atoms with van der Waals surface area (Å²) in [6, 6.07) is 1.89. The number of Topliss-reactive ketones (excluding diaryl/α,β-unsaturated/α-hetero) is 2. The number of nitrogens with zero attached hydrogens (tertiary/aromatic N) is 2. The van der Waals surface area contributed by atoms with Gasteiger partial charge < -0.3 is 20.0 Å². The summed E-state index contributed by atoms with van der Waals surface area (Å²) < 4.78 is 0. The number of hydrogen-bond donors (Lipinski definition) is 2. The van der Waals surface area contributed by atoms with E-state index in [2.05, 4.69) is 9.80 Å². The predicted octanol–water partition coefficient (Wildman–Crippen LogP) is 3.89. The number of hydrogen-bond acceptors (Lipinski definition) is 6. The highest BCUT2D eigenvalue weighted by atomic mass is 16.3. The lowest BCUT2D eigenvalue weighted by molar-refractivity contribution is -0.114. The molecule has 2 N–H and O–H groups in total. The van der Waals surface area contributed by atoms with E-state index >= 15 is 0 Å². The number of anilines is 1. The van der Waals surface area contributed by atoms with E-state index in [1.54, 1.807) is 0 Å². The maximum Gasteiger partial charge on any atom is 0.202 e. The summed E-state index contributed by atoms with van der Waals surface area (Å²) in [4.78, 5) is 31.5. The van der Waals surface area contributed by atoms with Crippen LogP contribution in [0.25, 0.3) is 5.57 Å². The number of ketones is 2. The zero-order valence-electron chi connectivity index (χ0n) is 19.2. The van der Waals surface area contributed by atoms with Gasteiger partial charge in [0.25, 0.3) is 0 Å². The SMILES string of the molecule is O=C1C2=C3C(=C/C1=C1\C(=O)C(c4cc5c6c(c4O)CCCN6CCC5)=C1O)CCCN3CCC2. The first kappa shape index (κ1) is 20.1. The fourth-order valence-corrected chi connectivity index (χ4v) is 6.95. The number of piperidine rings is 1. The Morgan fingerprint density at radius 2 is 1.47 bits per heavy atom. The minimum atomic E-state index is -0.337. The van der Waals surface area contributed by atoms with Gasteiger partial charge in [0.1, 0.15) is 11.5 Å². The molecule has 1 aromatic rings. The molecule has 1 aromatic carbocycles. The van der Waals surface area contributed by atoms with Gasteiger partial charge in [-0.05, 0) is 74.6 Å². The Hall–Kier alpha value is -3.28. The summed E-state index contributed by atoms with van der Waals surface area (Å²) in [5.74, 6) is -0.502. The van der Waals surface area contributed by atoms with Gasteiger partial charge in [0.15, 0.2) is 5.78 Å². The second-order valence-electron chi connectivity index (χ2n) is 10.3. The molecule has 6 nitrogen and oxygen atoms in total. The van der Waals surface area contributed by atoms with Gasteiger partial charge in [-0.1, -0.05) is 0 Å². The van der Waals surface area contributed by atoms with Crippen molar-refractivity contribution >= 4 is 22.8 Å². The Labute approximate surface area is 198 Å². The molecule has 34 heavy (non-hydrogen) atoms. The molecule has 2 aliphatic carbocycles. The van der Waals surface area contributed by atoms with Crippen LogP contribution in [0.15, 0.2) is 45.9 Å². The van der Waals surface area contributed by atoms with Crippen molar-refractivity contribution in [1.29, 1.82) is 0 Å². The number of aliphatic hydroxyl groups excluding tert-OH is 1. The second-order valence-corrected chi connectivity index (χ2v) is 10.3. The average Bonchev–Trinajstić information content (AvgIpc) is 2.85. The molecule has 4 aliphatic heterocycles. The highest BCUT2D eigenvalue weighted by molar-refractivity contribution is 6.41. The molecular weight excluding hydrogens is 428 g/mol. The van der Waals surface area contributed by atoms with Crippen LogP contribution < -0.4 is 4.90 Å². The molecule has 0 amide bonds. The normalized spacial score (nSPS) is 25.8. The zero-order chi connectivity index (χ0) is 23.1. The van der Waals surface area contributed by atoms with Crippen LogP contribution in [-0.4, -0.2) is 52.9 Å². The predicted molar refractivity (Wildman–Crippen MR) is 129 cm³/mol. The van der Waals surface area contributed by atoms with Crippen molar-refractivity contribution in [3.63, 3.8) is 0 Å². The van der Waals surface area contributed by atoms with Crippen molar-refractivity contribution in [2.75, 3.05) is 31.1 Å². The van der Waals surface area contributed by atoms with Gasteiger partial charge in [-0.15, -0.1) is 0 Å². The third kappa shape index (κ3) is 2.57. The molecule has 174 valence electrons. The number of benzene rings is 1. The van der Waals surface area contributed by atoms with Crippen molar-refractivity contribution in [3.05, 3.63) is 62.6 Å². The van der Waals surface area contributed by atoms with E-state index in [1.165, 1.54) is 0 Å². The lowest BCUT2D eigenvalue weighted by Gasteiger charge is -2.41. The minimum absolute atomic E-state index is 0.109. The van der Waals surface area contributed by atoms with Gasteiger partial charge in [-0.25, -0.2) is 0 Å². The Balaban J connectivity index is 1.36. The Morgan fingerprint density at radius 1 is 0.765 bits per heavy atom. The van der Waals surface area contributed by atoms with Gasteiger partial charge >= 0.3 is 0 Å². The molecule has 6 heteroatoms. The van der Waals surface area contributed by atoms with Crippen LogP contribution in [0.3, 0.4) is 0 Å². The quantitative estimate of drug-likeness (QED) is 0.624. The van der Waals surface area contributed by atoms with E-state index in [0.717, 1.165) is 111 Å². The Morgan fingerprint density at radius 3 is 2.26 bits per heavy atom. The van der Waals surface area contributed by atoms with Crippen LogP contribution in [0.1, 0.15) is 55.2 Å². The standard InChI is InChI=1S/C28H28N2O4/c31-25-17-7-3-11-29-9-1-5-15(23(17)29)13-19(25)21-27(33)22(28(21)34)20-14-16-6-2-10-30-12-4-8-18(24(16)30)26(20)32/h13-14,31,33H,1-12H2/b22-20+. The Kier molecular flexibility index (Phi) is 4.21. The number of aryl methyl sites for hydroxylation is 1. The molecule has 6 aliphatic rings. The van der Waals surface area contributed by atoms with E-state index in [4.69, 9.17) is 0 Å². The first-order chi connectivity index (χ1) is 16.5. The molecule has 1 saturated heterocycles. The summed E-state index contributed by atoms with van der Waals surface area (Å²) in [7, 11) is 0. The number of phenols is 1. The van der Waals surface area contributed by atoms with Gasteiger partial charge in [-0.2, -0.15) is 0 Å². The number of aliphatic hydroxyl groups is 1. The molecule has 0 atom stereocenters. The molecule has 4 heterocycles. The molecule has 0 spiro atoms. The van der Waals surface area contributed by atoms with Crippen LogP contribution in [0, 0.1) is 0 Å². The van der Waals surface area contributed by atoms with Gasteiger partial charge in [-0.3, -0.25) is 9.59 Å². The highest BCUT2D eigenvalue weighted by Gasteiger charge is 2.43. The summed E-state index contributed by atoms with van der Waals surface area (Å²) in [5.41, 5.74) is 7.14. The number of rotatable bonds is 1. The molecule has 1 fully saturated rings. The molecule has 0 unspecified atom stereocenters. The molecule has 0 bridgehead atoms. The lowest BCUT2D eigenvalue weighted by atomic mass is 9.74. The second kappa shape index (κ2) is 7.11. The molecule has 0 radical (unpaired) electrons. The topological polar surface area (TPSA) is 81.1 Å². The van der Waals surface area contributed by atoms with Crippen molar-refractivity contribution in [2.45, 2.75) is 51.4 Å². The average molecular weight is 457 g/mol. The van der Waals surface area contributed by atoms with E-state index in [9.17, 15) is 19.8 Å². The van der Waals surface area contributed by atoms with Crippen LogP contribution in [0.4, 0.5) is 5.69 Å². The largest absolute Gasteiger partial charge is 0.507 e.